The molecule has 0 atom stereocenters. The van der Waals surface area contributed by atoms with Crippen molar-refractivity contribution >= 4 is 0 Å². The molecule has 0 unspecified atom stereocenters. The van der Waals surface area contributed by atoms with E-state index in [-0.39, 0.29) is 6.04 Å². The van der Waals surface area contributed by atoms with Crippen LogP contribution < -0.4 is 0 Å². The quantitative estimate of drug-likeness (QED) is 0.694. The second-order valence-electron chi connectivity index (χ2n) is 6.78. The zero-order valence-corrected chi connectivity index (χ0v) is 15.2. The maximum atomic E-state index is 3.42. The first-order valence-corrected chi connectivity index (χ1v) is 9.11. The Hall–Kier alpha value is -2.48. The lowest BCUT2D eigenvalue weighted by Crippen LogP contribution is -2.37. The highest BCUT2D eigenvalue weighted by atomic mass is 15.1. The molecule has 1 aliphatic heterocycles. The van der Waals surface area contributed by atoms with Gasteiger partial charge in [-0.25, -0.2) is 0 Å². The normalized spacial score (nSPS) is 14.4. The van der Waals surface area contributed by atoms with E-state index in [0.717, 1.165) is 24.2 Å². The predicted octanol–water partition coefficient (Wildman–Crippen LogP) is 4.56. The highest BCUT2D eigenvalue weighted by Gasteiger charge is 2.16. The summed E-state index contributed by atoms with van der Waals surface area (Å²) in [5.41, 5.74) is 4.62. The first kappa shape index (κ1) is 17.3. The first-order chi connectivity index (χ1) is 12.2. The van der Waals surface area contributed by atoms with Crippen LogP contribution in [0.4, 0.5) is 0 Å². The predicted molar refractivity (Wildman–Crippen MR) is 105 cm³/mol. The molecule has 1 saturated heterocycles. The summed E-state index contributed by atoms with van der Waals surface area (Å²) in [6.07, 6.45) is 3.81. The number of piperidine rings is 1. The van der Waals surface area contributed by atoms with E-state index in [2.05, 4.69) is 91.0 Å². The van der Waals surface area contributed by atoms with E-state index in [1.54, 1.807) is 0 Å². The van der Waals surface area contributed by atoms with Crippen molar-refractivity contribution in [3.8, 4) is 23.7 Å². The lowest BCUT2D eigenvalue weighted by molar-refractivity contribution is 0.225. The number of hydrogen-bond donors (Lipinski definition) is 0. The topological polar surface area (TPSA) is 3.24 Å². The van der Waals surface area contributed by atoms with Crippen LogP contribution in [0.25, 0.3) is 0 Å². The molecule has 126 valence electrons. The van der Waals surface area contributed by atoms with Crippen molar-refractivity contribution in [3.63, 3.8) is 0 Å². The van der Waals surface area contributed by atoms with E-state index in [1.807, 2.05) is 0 Å². The van der Waals surface area contributed by atoms with Crippen LogP contribution in [-0.4, -0.2) is 24.0 Å². The third-order valence-electron chi connectivity index (χ3n) is 4.50. The Balaban J connectivity index is 1.85. The number of benzene rings is 2. The van der Waals surface area contributed by atoms with Gasteiger partial charge in [-0.2, -0.15) is 0 Å². The molecule has 0 amide bonds. The molecule has 0 N–H and O–H groups in total. The summed E-state index contributed by atoms with van der Waals surface area (Å²) in [4.78, 5) is 2.43. The largest absolute Gasteiger partial charge is 0.280 e. The van der Waals surface area contributed by atoms with Crippen LogP contribution in [0.5, 0.6) is 0 Å². The molecule has 1 aliphatic rings. The van der Waals surface area contributed by atoms with Gasteiger partial charge in [-0.15, -0.1) is 0 Å². The third-order valence-corrected chi connectivity index (χ3v) is 4.50. The summed E-state index contributed by atoms with van der Waals surface area (Å²) >= 11 is 0. The van der Waals surface area contributed by atoms with Gasteiger partial charge < -0.3 is 0 Å². The minimum Gasteiger partial charge on any atom is -0.280 e. The second-order valence-corrected chi connectivity index (χ2v) is 6.78. The van der Waals surface area contributed by atoms with Gasteiger partial charge in [0.05, 0.1) is 0 Å². The fraction of sp³-hybridized carbons (Fsp3) is 0.333. The van der Waals surface area contributed by atoms with Crippen molar-refractivity contribution in [2.75, 3.05) is 13.1 Å². The van der Waals surface area contributed by atoms with Gasteiger partial charge in [-0.05, 0) is 62.1 Å². The molecule has 0 aliphatic carbocycles. The number of hydrogen-bond acceptors (Lipinski definition) is 1. The van der Waals surface area contributed by atoms with Gasteiger partial charge in [0, 0.05) is 24.2 Å². The summed E-state index contributed by atoms with van der Waals surface area (Å²) in [6, 6.07) is 16.7. The number of likely N-dealkylation sites (tertiary alicyclic amines) is 1. The van der Waals surface area contributed by atoms with Crippen LogP contribution >= 0.6 is 0 Å². The van der Waals surface area contributed by atoms with E-state index in [9.17, 15) is 0 Å². The van der Waals surface area contributed by atoms with Crippen molar-refractivity contribution in [1.29, 1.82) is 0 Å². The lowest BCUT2D eigenvalue weighted by atomic mass is 10.1. The van der Waals surface area contributed by atoms with Gasteiger partial charge in [0.15, 0.2) is 0 Å². The molecule has 1 heterocycles. The molecule has 0 aromatic heterocycles. The van der Waals surface area contributed by atoms with Crippen molar-refractivity contribution in [3.05, 3.63) is 70.8 Å². The average molecular weight is 327 g/mol. The Morgan fingerprint density at radius 3 is 1.76 bits per heavy atom. The highest BCUT2D eigenvalue weighted by Crippen LogP contribution is 2.12. The smallest absolute Gasteiger partial charge is 0.134 e. The van der Waals surface area contributed by atoms with Gasteiger partial charge >= 0.3 is 0 Å². The van der Waals surface area contributed by atoms with E-state index in [1.165, 1.54) is 30.4 Å². The molecule has 2 aromatic rings. The lowest BCUT2D eigenvalue weighted by Gasteiger charge is -2.28. The molecule has 25 heavy (non-hydrogen) atoms. The Labute approximate surface area is 152 Å². The second kappa shape index (κ2) is 8.57. The average Bonchev–Trinajstić information content (AvgIpc) is 2.63. The molecule has 1 nitrogen and oxygen atoms in total. The van der Waals surface area contributed by atoms with Crippen LogP contribution in [0.15, 0.2) is 48.5 Å². The van der Waals surface area contributed by atoms with Gasteiger partial charge in [0.2, 0.25) is 0 Å². The summed E-state index contributed by atoms with van der Waals surface area (Å²) < 4.78 is 0. The molecule has 0 saturated carbocycles. The van der Waals surface area contributed by atoms with Crippen molar-refractivity contribution in [1.82, 2.24) is 4.90 Å². The summed E-state index contributed by atoms with van der Waals surface area (Å²) in [7, 11) is 0. The van der Waals surface area contributed by atoms with Crippen LogP contribution in [-0.2, 0) is 0 Å². The zero-order valence-electron chi connectivity index (χ0n) is 15.2. The molecular weight excluding hydrogens is 302 g/mol. The zero-order chi connectivity index (χ0) is 17.5. The minimum absolute atomic E-state index is 0.00123. The van der Waals surface area contributed by atoms with E-state index < -0.39 is 0 Å². The summed E-state index contributed by atoms with van der Waals surface area (Å²) in [6.45, 7) is 6.39. The standard InChI is InChI=1S/C24H25N/c1-20-8-6-10-22(18-20)12-14-24(25-16-4-3-5-17-25)15-13-23-11-7-9-21(2)19-23/h6-11,18-19,24H,3-5,16-17H2,1-2H3. The Kier molecular flexibility index (Phi) is 5.95. The van der Waals surface area contributed by atoms with Crippen molar-refractivity contribution in [2.24, 2.45) is 0 Å². The monoisotopic (exact) mass is 327 g/mol. The minimum atomic E-state index is 0.00123. The van der Waals surface area contributed by atoms with Crippen LogP contribution in [0.2, 0.25) is 0 Å². The van der Waals surface area contributed by atoms with Gasteiger partial charge in [-0.1, -0.05) is 54.4 Å². The Bertz CT molecular complexity index is 772. The van der Waals surface area contributed by atoms with E-state index >= 15 is 0 Å². The van der Waals surface area contributed by atoms with Gasteiger partial charge in [0.25, 0.3) is 0 Å². The summed E-state index contributed by atoms with van der Waals surface area (Å²) in [5.74, 6) is 13.5. The maximum absolute atomic E-state index is 3.42. The fourth-order valence-electron chi connectivity index (χ4n) is 3.14. The molecule has 0 spiro atoms. The Morgan fingerprint density at radius 1 is 0.760 bits per heavy atom. The van der Waals surface area contributed by atoms with Gasteiger partial charge in [-0.3, -0.25) is 4.90 Å². The first-order valence-electron chi connectivity index (χ1n) is 9.11. The highest BCUT2D eigenvalue weighted by molar-refractivity contribution is 5.42. The SMILES string of the molecule is Cc1cccc(C#CC(C#Cc2cccc(C)c2)N2CCCCC2)c1. The Morgan fingerprint density at radius 2 is 1.28 bits per heavy atom. The fourth-order valence-corrected chi connectivity index (χ4v) is 3.14. The van der Waals surface area contributed by atoms with Crippen LogP contribution in [0, 0.1) is 37.5 Å². The molecule has 1 heteroatoms. The number of nitrogens with zero attached hydrogens (tertiary/aromatic N) is 1. The van der Waals surface area contributed by atoms with Crippen molar-refractivity contribution < 1.29 is 0 Å². The molecule has 0 radical (unpaired) electrons. The van der Waals surface area contributed by atoms with Crippen molar-refractivity contribution in [2.45, 2.75) is 39.2 Å². The molecule has 0 bridgehead atoms. The molecular formula is C24H25N. The number of aryl methyl sites for hydroxylation is 2. The molecule has 2 aromatic carbocycles. The number of rotatable bonds is 1. The van der Waals surface area contributed by atoms with E-state index in [4.69, 9.17) is 0 Å². The summed E-state index contributed by atoms with van der Waals surface area (Å²) in [5, 5.41) is 0. The van der Waals surface area contributed by atoms with Gasteiger partial charge in [0.1, 0.15) is 6.04 Å². The van der Waals surface area contributed by atoms with Crippen LogP contribution in [0.1, 0.15) is 41.5 Å². The maximum Gasteiger partial charge on any atom is 0.134 e. The van der Waals surface area contributed by atoms with Crippen LogP contribution in [0.3, 0.4) is 0 Å². The molecule has 1 fully saturated rings. The third kappa shape index (κ3) is 5.25. The molecule has 3 rings (SSSR count). The van der Waals surface area contributed by atoms with E-state index in [0.29, 0.717) is 0 Å².